The Morgan fingerprint density at radius 3 is 2.73 bits per heavy atom. The van der Waals surface area contributed by atoms with Crippen molar-refractivity contribution in [2.24, 2.45) is 17.6 Å². The summed E-state index contributed by atoms with van der Waals surface area (Å²) in [5.41, 5.74) is 7.02. The van der Waals surface area contributed by atoms with E-state index in [1.807, 2.05) is 0 Å². The van der Waals surface area contributed by atoms with Gasteiger partial charge in [-0.15, -0.1) is 0 Å². The molecule has 0 aromatic carbocycles. The van der Waals surface area contributed by atoms with E-state index in [0.717, 1.165) is 18.4 Å². The second kappa shape index (κ2) is 3.91. The third kappa shape index (κ3) is 2.33. The predicted molar refractivity (Wildman–Crippen MR) is 49.3 cm³/mol. The normalized spacial score (nSPS) is 25.5. The molecule has 2 N–H and O–H groups in total. The number of nitrogens with two attached hydrogens (primary N) is 1. The van der Waals surface area contributed by atoms with Crippen LogP contribution in [-0.4, -0.2) is 6.54 Å². The fourth-order valence-corrected chi connectivity index (χ4v) is 1.70. The highest BCUT2D eigenvalue weighted by Crippen LogP contribution is 2.28. The maximum absolute atomic E-state index is 5.56. The Labute approximate surface area is 69.7 Å². The lowest BCUT2D eigenvalue weighted by atomic mass is 9.82. The van der Waals surface area contributed by atoms with Crippen LogP contribution in [0.2, 0.25) is 0 Å². The van der Waals surface area contributed by atoms with E-state index >= 15 is 0 Å². The average molecular weight is 153 g/mol. The highest BCUT2D eigenvalue weighted by atomic mass is 14.5. The first-order valence-electron chi connectivity index (χ1n) is 4.62. The van der Waals surface area contributed by atoms with Gasteiger partial charge in [0.2, 0.25) is 0 Å². The summed E-state index contributed by atoms with van der Waals surface area (Å²) in [5.74, 6) is 1.75. The van der Waals surface area contributed by atoms with Gasteiger partial charge < -0.3 is 5.73 Å². The summed E-state index contributed by atoms with van der Waals surface area (Å²) in [4.78, 5) is 0. The molecule has 1 unspecified atom stereocenters. The van der Waals surface area contributed by atoms with Gasteiger partial charge in [0, 0.05) is 6.54 Å². The van der Waals surface area contributed by atoms with Gasteiger partial charge in [0.25, 0.3) is 0 Å². The number of hydrogen-bond donors (Lipinski definition) is 1. The first-order valence-corrected chi connectivity index (χ1v) is 4.62. The maximum Gasteiger partial charge on any atom is 0.0136 e. The van der Waals surface area contributed by atoms with E-state index in [2.05, 4.69) is 19.9 Å². The summed E-state index contributed by atoms with van der Waals surface area (Å²) in [6, 6.07) is 0. The fourth-order valence-electron chi connectivity index (χ4n) is 1.70. The molecule has 1 aliphatic rings. The van der Waals surface area contributed by atoms with E-state index in [1.165, 1.54) is 24.8 Å². The molecule has 1 aliphatic carbocycles. The van der Waals surface area contributed by atoms with E-state index in [-0.39, 0.29) is 0 Å². The van der Waals surface area contributed by atoms with Crippen LogP contribution in [0.15, 0.2) is 11.6 Å². The van der Waals surface area contributed by atoms with Crippen LogP contribution in [0.5, 0.6) is 0 Å². The molecule has 0 spiro atoms. The second-order valence-corrected chi connectivity index (χ2v) is 3.84. The summed E-state index contributed by atoms with van der Waals surface area (Å²) >= 11 is 0. The quantitative estimate of drug-likeness (QED) is 0.605. The van der Waals surface area contributed by atoms with Crippen molar-refractivity contribution in [2.45, 2.75) is 33.1 Å². The zero-order valence-corrected chi connectivity index (χ0v) is 7.64. The molecule has 1 nitrogen and oxygen atoms in total. The lowest BCUT2D eigenvalue weighted by molar-refractivity contribution is 0.350. The predicted octanol–water partition coefficient (Wildman–Crippen LogP) is 2.33. The van der Waals surface area contributed by atoms with Crippen molar-refractivity contribution in [3.63, 3.8) is 0 Å². The van der Waals surface area contributed by atoms with E-state index in [1.54, 1.807) is 0 Å². The zero-order chi connectivity index (χ0) is 8.27. The molecule has 0 aliphatic heterocycles. The van der Waals surface area contributed by atoms with Crippen molar-refractivity contribution in [3.8, 4) is 0 Å². The topological polar surface area (TPSA) is 26.0 Å². The Morgan fingerprint density at radius 1 is 1.64 bits per heavy atom. The summed E-state index contributed by atoms with van der Waals surface area (Å²) in [6.45, 7) is 5.39. The monoisotopic (exact) mass is 153 g/mol. The smallest absolute Gasteiger partial charge is 0.0136 e. The number of allylic oxidation sites excluding steroid dienone is 1. The molecule has 64 valence electrons. The molecule has 1 heteroatoms. The van der Waals surface area contributed by atoms with Crippen LogP contribution in [0.4, 0.5) is 0 Å². The molecule has 1 rings (SSSR count). The van der Waals surface area contributed by atoms with Crippen LogP contribution in [0.3, 0.4) is 0 Å². The molecule has 11 heavy (non-hydrogen) atoms. The van der Waals surface area contributed by atoms with E-state index in [4.69, 9.17) is 5.73 Å². The maximum atomic E-state index is 5.56. The van der Waals surface area contributed by atoms with Crippen molar-refractivity contribution in [3.05, 3.63) is 11.6 Å². The molecule has 0 bridgehead atoms. The molecular formula is C10H19N. The third-order valence-electron chi connectivity index (χ3n) is 2.75. The SMILES string of the molecule is CC(C)C1CC=C(CN)CC1. The lowest BCUT2D eigenvalue weighted by Crippen LogP contribution is -2.15. The Hall–Kier alpha value is -0.300. The largest absolute Gasteiger partial charge is 0.327 e. The summed E-state index contributed by atoms with van der Waals surface area (Å²) in [6.07, 6.45) is 6.18. The second-order valence-electron chi connectivity index (χ2n) is 3.84. The van der Waals surface area contributed by atoms with Gasteiger partial charge in [-0.05, 0) is 31.1 Å². The first kappa shape index (κ1) is 8.79. The number of rotatable bonds is 2. The highest BCUT2D eigenvalue weighted by Gasteiger charge is 2.16. The van der Waals surface area contributed by atoms with Crippen LogP contribution >= 0.6 is 0 Å². The van der Waals surface area contributed by atoms with Gasteiger partial charge in [0.15, 0.2) is 0 Å². The lowest BCUT2D eigenvalue weighted by Gasteiger charge is -2.24. The van der Waals surface area contributed by atoms with Crippen LogP contribution < -0.4 is 5.73 Å². The Kier molecular flexibility index (Phi) is 3.13. The van der Waals surface area contributed by atoms with Crippen LogP contribution in [0, 0.1) is 11.8 Å². The van der Waals surface area contributed by atoms with Gasteiger partial charge in [-0.2, -0.15) is 0 Å². The van der Waals surface area contributed by atoms with E-state index < -0.39 is 0 Å². The molecule has 0 saturated carbocycles. The van der Waals surface area contributed by atoms with Gasteiger partial charge >= 0.3 is 0 Å². The van der Waals surface area contributed by atoms with Crippen molar-refractivity contribution >= 4 is 0 Å². The van der Waals surface area contributed by atoms with Crippen LogP contribution in [-0.2, 0) is 0 Å². The summed E-state index contributed by atoms with van der Waals surface area (Å²) < 4.78 is 0. The third-order valence-corrected chi connectivity index (χ3v) is 2.75. The minimum Gasteiger partial charge on any atom is -0.327 e. The Balaban J connectivity index is 2.41. The molecular weight excluding hydrogens is 134 g/mol. The molecule has 0 aromatic rings. The first-order chi connectivity index (χ1) is 5.24. The van der Waals surface area contributed by atoms with Gasteiger partial charge in [-0.1, -0.05) is 25.5 Å². The van der Waals surface area contributed by atoms with Crippen molar-refractivity contribution in [1.29, 1.82) is 0 Å². The molecule has 0 fully saturated rings. The van der Waals surface area contributed by atoms with Gasteiger partial charge in [-0.3, -0.25) is 0 Å². The van der Waals surface area contributed by atoms with Crippen LogP contribution in [0.25, 0.3) is 0 Å². The van der Waals surface area contributed by atoms with Gasteiger partial charge in [-0.25, -0.2) is 0 Å². The molecule has 1 atom stereocenters. The molecule has 0 heterocycles. The molecule has 0 radical (unpaired) electrons. The summed E-state index contributed by atoms with van der Waals surface area (Å²) in [5, 5.41) is 0. The molecule has 0 aromatic heterocycles. The van der Waals surface area contributed by atoms with Gasteiger partial charge in [0.1, 0.15) is 0 Å². The van der Waals surface area contributed by atoms with E-state index in [9.17, 15) is 0 Å². The van der Waals surface area contributed by atoms with E-state index in [0.29, 0.717) is 0 Å². The van der Waals surface area contributed by atoms with Crippen molar-refractivity contribution in [2.75, 3.05) is 6.54 Å². The van der Waals surface area contributed by atoms with Gasteiger partial charge in [0.05, 0.1) is 0 Å². The summed E-state index contributed by atoms with van der Waals surface area (Å²) in [7, 11) is 0. The van der Waals surface area contributed by atoms with Crippen molar-refractivity contribution in [1.82, 2.24) is 0 Å². The Bertz CT molecular complexity index is 147. The van der Waals surface area contributed by atoms with Crippen LogP contribution in [0.1, 0.15) is 33.1 Å². The number of hydrogen-bond acceptors (Lipinski definition) is 1. The minimum absolute atomic E-state index is 0.769. The Morgan fingerprint density at radius 2 is 2.36 bits per heavy atom. The zero-order valence-electron chi connectivity index (χ0n) is 7.64. The highest BCUT2D eigenvalue weighted by molar-refractivity contribution is 5.07. The average Bonchev–Trinajstić information content (AvgIpc) is 2.05. The van der Waals surface area contributed by atoms with Crippen molar-refractivity contribution < 1.29 is 0 Å². The minimum atomic E-state index is 0.769. The molecule has 0 saturated heterocycles. The fraction of sp³-hybridized carbons (Fsp3) is 0.800. The molecule has 0 amide bonds. The standard InChI is InChI=1S/C10H19N/c1-8(2)10-5-3-9(7-11)4-6-10/h3,8,10H,4-7,11H2,1-2H3.